The van der Waals surface area contributed by atoms with Gasteiger partial charge in [-0.05, 0) is 49.4 Å². The van der Waals surface area contributed by atoms with Crippen molar-refractivity contribution >= 4 is 29.1 Å². The minimum atomic E-state index is -0.450. The normalized spacial score (nSPS) is 10.2. The van der Waals surface area contributed by atoms with Crippen molar-refractivity contribution in [2.75, 3.05) is 17.2 Å². The Labute approximate surface area is 160 Å². The first-order chi connectivity index (χ1) is 13.5. The van der Waals surface area contributed by atoms with E-state index in [1.165, 1.54) is 24.5 Å². The van der Waals surface area contributed by atoms with Crippen LogP contribution in [0.2, 0.25) is 0 Å². The lowest BCUT2D eigenvalue weighted by Gasteiger charge is -2.08. The van der Waals surface area contributed by atoms with E-state index in [0.717, 1.165) is 0 Å². The van der Waals surface area contributed by atoms with Crippen LogP contribution in [0.25, 0.3) is 0 Å². The van der Waals surface area contributed by atoms with E-state index in [1.807, 2.05) is 0 Å². The maximum Gasteiger partial charge on any atom is 0.338 e. The number of nitrogens with one attached hydrogen (secondary N) is 2. The molecule has 0 aliphatic carbocycles. The highest BCUT2D eigenvalue weighted by Gasteiger charge is 2.11. The zero-order valence-corrected chi connectivity index (χ0v) is 15.0. The van der Waals surface area contributed by atoms with Crippen molar-refractivity contribution in [3.05, 3.63) is 78.0 Å². The van der Waals surface area contributed by atoms with Crippen LogP contribution in [0.1, 0.15) is 27.8 Å². The molecule has 1 aromatic heterocycles. The van der Waals surface area contributed by atoms with E-state index in [2.05, 4.69) is 20.6 Å². The Morgan fingerprint density at radius 2 is 1.82 bits per heavy atom. The Morgan fingerprint density at radius 1 is 1.04 bits per heavy atom. The third-order valence-corrected chi connectivity index (χ3v) is 3.65. The van der Waals surface area contributed by atoms with Crippen molar-refractivity contribution in [2.45, 2.75) is 6.92 Å². The molecule has 3 aromatic rings. The van der Waals surface area contributed by atoms with Crippen LogP contribution >= 0.6 is 0 Å². The Kier molecular flexibility index (Phi) is 5.91. The van der Waals surface area contributed by atoms with E-state index in [4.69, 9.17) is 4.74 Å². The molecule has 0 aliphatic heterocycles. The van der Waals surface area contributed by atoms with Gasteiger partial charge in [0.05, 0.1) is 12.2 Å². The van der Waals surface area contributed by atoms with E-state index >= 15 is 0 Å². The van der Waals surface area contributed by atoms with Gasteiger partial charge in [0, 0.05) is 17.4 Å². The number of amides is 1. The average molecular weight is 380 g/mol. The first kappa shape index (κ1) is 19.0. The summed E-state index contributed by atoms with van der Waals surface area (Å²) in [6, 6.07) is 13.6. The summed E-state index contributed by atoms with van der Waals surface area (Å²) in [4.78, 5) is 32.0. The van der Waals surface area contributed by atoms with E-state index in [1.54, 1.807) is 43.3 Å². The van der Waals surface area contributed by atoms with E-state index in [-0.39, 0.29) is 18.1 Å². The van der Waals surface area contributed by atoms with Crippen molar-refractivity contribution in [1.82, 2.24) is 9.97 Å². The number of nitrogens with zero attached hydrogens (tertiary/aromatic N) is 2. The second kappa shape index (κ2) is 8.72. The summed E-state index contributed by atoms with van der Waals surface area (Å²) in [6.07, 6.45) is 1.24. The van der Waals surface area contributed by atoms with Crippen LogP contribution in [0.4, 0.5) is 21.6 Å². The molecule has 0 saturated carbocycles. The highest BCUT2D eigenvalue weighted by Crippen LogP contribution is 2.17. The highest BCUT2D eigenvalue weighted by molar-refractivity contribution is 6.03. The zero-order chi connectivity index (χ0) is 19.9. The number of carbonyl (C=O) groups is 2. The van der Waals surface area contributed by atoms with Gasteiger partial charge in [-0.1, -0.05) is 6.07 Å². The predicted octanol–water partition coefficient (Wildman–Crippen LogP) is 3.79. The van der Waals surface area contributed by atoms with Crippen LogP contribution in [0.15, 0.2) is 60.9 Å². The first-order valence-corrected chi connectivity index (χ1v) is 8.48. The fourth-order valence-corrected chi connectivity index (χ4v) is 2.36. The van der Waals surface area contributed by atoms with Crippen LogP contribution in [0.5, 0.6) is 0 Å². The molecule has 2 N–H and O–H groups in total. The molecule has 7 nitrogen and oxygen atoms in total. The molecule has 3 rings (SSSR count). The Morgan fingerprint density at radius 3 is 2.54 bits per heavy atom. The number of hydrogen-bond acceptors (Lipinski definition) is 6. The third kappa shape index (κ3) is 4.88. The van der Waals surface area contributed by atoms with Gasteiger partial charge in [-0.25, -0.2) is 19.2 Å². The minimum Gasteiger partial charge on any atom is -0.462 e. The maximum atomic E-state index is 13.3. The minimum absolute atomic E-state index is 0.128. The van der Waals surface area contributed by atoms with Gasteiger partial charge in [0.15, 0.2) is 0 Å². The third-order valence-electron chi connectivity index (χ3n) is 3.65. The van der Waals surface area contributed by atoms with Gasteiger partial charge >= 0.3 is 5.97 Å². The average Bonchev–Trinajstić information content (AvgIpc) is 2.69. The number of benzene rings is 2. The standard InChI is InChI=1S/C20H17FN4O3/c1-2-28-20(27)13-6-8-15(9-7-13)25-19(26)17-11-18(23-12-22-17)24-16-5-3-4-14(21)10-16/h3-12H,2H2,1H3,(H,25,26)(H,22,23,24). The molecule has 0 atom stereocenters. The number of halogens is 1. The molecule has 0 radical (unpaired) electrons. The number of anilines is 3. The van der Waals surface area contributed by atoms with Gasteiger partial charge < -0.3 is 15.4 Å². The number of carbonyl (C=O) groups excluding carboxylic acids is 2. The summed E-state index contributed by atoms with van der Waals surface area (Å²) in [7, 11) is 0. The van der Waals surface area contributed by atoms with Gasteiger partial charge in [-0.15, -0.1) is 0 Å². The largest absolute Gasteiger partial charge is 0.462 e. The van der Waals surface area contributed by atoms with Gasteiger partial charge in [0.25, 0.3) is 5.91 Å². The van der Waals surface area contributed by atoms with Crippen LogP contribution in [-0.4, -0.2) is 28.5 Å². The number of hydrogen-bond donors (Lipinski definition) is 2. The lowest BCUT2D eigenvalue weighted by Crippen LogP contribution is -2.14. The zero-order valence-electron chi connectivity index (χ0n) is 15.0. The number of esters is 1. The van der Waals surface area contributed by atoms with Gasteiger partial charge in [-0.2, -0.15) is 0 Å². The molecule has 2 aromatic carbocycles. The molecule has 0 aliphatic rings. The lowest BCUT2D eigenvalue weighted by molar-refractivity contribution is 0.0526. The molecule has 0 bridgehead atoms. The molecule has 142 valence electrons. The molecule has 0 spiro atoms. The number of aromatic nitrogens is 2. The molecule has 0 saturated heterocycles. The Balaban J connectivity index is 1.68. The molecular weight excluding hydrogens is 363 g/mol. The highest BCUT2D eigenvalue weighted by atomic mass is 19.1. The maximum absolute atomic E-state index is 13.3. The van der Waals surface area contributed by atoms with Gasteiger partial charge in [0.1, 0.15) is 23.7 Å². The molecule has 0 unspecified atom stereocenters. The van der Waals surface area contributed by atoms with Crippen molar-refractivity contribution < 1.29 is 18.7 Å². The quantitative estimate of drug-likeness (QED) is 0.632. The summed E-state index contributed by atoms with van der Waals surface area (Å²) in [5.74, 6) is -0.912. The first-order valence-electron chi connectivity index (χ1n) is 8.48. The monoisotopic (exact) mass is 380 g/mol. The second-order valence-electron chi connectivity index (χ2n) is 5.68. The van der Waals surface area contributed by atoms with Gasteiger partial charge in [0.2, 0.25) is 0 Å². The van der Waals surface area contributed by atoms with Crippen molar-refractivity contribution in [2.24, 2.45) is 0 Å². The van der Waals surface area contributed by atoms with Gasteiger partial charge in [-0.3, -0.25) is 4.79 Å². The topological polar surface area (TPSA) is 93.2 Å². The Bertz CT molecular complexity index is 993. The summed E-state index contributed by atoms with van der Waals surface area (Å²) >= 11 is 0. The molecule has 1 heterocycles. The SMILES string of the molecule is CCOC(=O)c1ccc(NC(=O)c2cc(Nc3cccc(F)c3)ncn2)cc1. The molecular formula is C20H17FN4O3. The second-order valence-corrected chi connectivity index (χ2v) is 5.68. The number of ether oxygens (including phenoxy) is 1. The fraction of sp³-hybridized carbons (Fsp3) is 0.100. The summed E-state index contributed by atoms with van der Waals surface area (Å²) in [5, 5.41) is 5.60. The lowest BCUT2D eigenvalue weighted by atomic mass is 10.2. The summed E-state index contributed by atoms with van der Waals surface area (Å²) in [6.45, 7) is 2.02. The van der Waals surface area contributed by atoms with E-state index in [9.17, 15) is 14.0 Å². The van der Waals surface area contributed by atoms with E-state index < -0.39 is 11.9 Å². The van der Waals surface area contributed by atoms with Crippen LogP contribution in [-0.2, 0) is 4.74 Å². The summed E-state index contributed by atoms with van der Waals surface area (Å²) in [5.41, 5.74) is 1.52. The predicted molar refractivity (Wildman–Crippen MR) is 102 cm³/mol. The van der Waals surface area contributed by atoms with Crippen molar-refractivity contribution in [3.8, 4) is 0 Å². The van der Waals surface area contributed by atoms with Crippen molar-refractivity contribution in [1.29, 1.82) is 0 Å². The Hall–Kier alpha value is -3.81. The number of rotatable bonds is 6. The summed E-state index contributed by atoms with van der Waals surface area (Å²) < 4.78 is 18.2. The smallest absolute Gasteiger partial charge is 0.338 e. The van der Waals surface area contributed by atoms with Crippen LogP contribution in [0.3, 0.4) is 0 Å². The van der Waals surface area contributed by atoms with Crippen molar-refractivity contribution in [3.63, 3.8) is 0 Å². The molecule has 8 heteroatoms. The fourth-order valence-electron chi connectivity index (χ4n) is 2.36. The molecule has 1 amide bonds. The van der Waals surface area contributed by atoms with E-state index in [0.29, 0.717) is 22.8 Å². The molecule has 28 heavy (non-hydrogen) atoms. The van der Waals surface area contributed by atoms with Crippen LogP contribution < -0.4 is 10.6 Å². The van der Waals surface area contributed by atoms with Crippen LogP contribution in [0, 0.1) is 5.82 Å². The molecule has 0 fully saturated rings.